The molecule has 0 aromatic carbocycles. The van der Waals surface area contributed by atoms with Gasteiger partial charge in [-0.25, -0.2) is 0 Å². The Morgan fingerprint density at radius 2 is 2.00 bits per heavy atom. The van der Waals surface area contributed by atoms with Crippen molar-refractivity contribution >= 4 is 38.9 Å². The zero-order valence-electron chi connectivity index (χ0n) is 8.88. The van der Waals surface area contributed by atoms with Crippen LogP contribution in [0.1, 0.15) is 42.3 Å². The first-order valence-corrected chi connectivity index (χ1v) is 7.67. The first kappa shape index (κ1) is 11.9. The largest absolute Gasteiger partial charge is 0.127 e. The quantitative estimate of drug-likeness (QED) is 0.618. The molecule has 1 aromatic heterocycles. The molecule has 15 heavy (non-hydrogen) atoms. The van der Waals surface area contributed by atoms with Crippen LogP contribution in [-0.2, 0) is 0 Å². The lowest BCUT2D eigenvalue weighted by Crippen LogP contribution is -2.15. The molecule has 0 N–H and O–H groups in total. The molecular weight excluding hydrogens is 292 g/mol. The monoisotopic (exact) mass is 306 g/mol. The third kappa shape index (κ3) is 2.98. The summed E-state index contributed by atoms with van der Waals surface area (Å²) in [5, 5.41) is 0. The van der Waals surface area contributed by atoms with Gasteiger partial charge in [0.25, 0.3) is 0 Å². The van der Waals surface area contributed by atoms with Crippen molar-refractivity contribution in [3.05, 3.63) is 21.3 Å². The van der Waals surface area contributed by atoms with Crippen molar-refractivity contribution in [2.75, 3.05) is 0 Å². The second kappa shape index (κ2) is 5.20. The van der Waals surface area contributed by atoms with Crippen molar-refractivity contribution in [1.29, 1.82) is 0 Å². The van der Waals surface area contributed by atoms with Crippen molar-refractivity contribution in [1.82, 2.24) is 0 Å². The van der Waals surface area contributed by atoms with Gasteiger partial charge in [-0.15, -0.1) is 11.3 Å². The van der Waals surface area contributed by atoms with Crippen LogP contribution in [-0.4, -0.2) is 0 Å². The summed E-state index contributed by atoms with van der Waals surface area (Å²) in [4.78, 5) is 1.90. The fourth-order valence-corrected chi connectivity index (χ4v) is 4.38. The molecule has 1 saturated carbocycles. The smallest absolute Gasteiger partial charge is 0.0931 e. The number of hydrogen-bond acceptors (Lipinski definition) is 1. The Morgan fingerprint density at radius 3 is 2.53 bits per heavy atom. The molecule has 84 valence electrons. The highest BCUT2D eigenvalue weighted by atomic mass is 79.9. The van der Waals surface area contributed by atoms with Crippen LogP contribution in [0.5, 0.6) is 0 Å². The molecule has 0 amide bonds. The number of hydrogen-bond donors (Lipinski definition) is 0. The van der Waals surface area contributed by atoms with E-state index in [9.17, 15) is 0 Å². The Kier molecular flexibility index (Phi) is 4.14. The van der Waals surface area contributed by atoms with E-state index in [1.807, 2.05) is 6.07 Å². The lowest BCUT2D eigenvalue weighted by Gasteiger charge is -2.29. The van der Waals surface area contributed by atoms with Gasteiger partial charge in [-0.3, -0.25) is 0 Å². The zero-order chi connectivity index (χ0) is 10.8. The van der Waals surface area contributed by atoms with Gasteiger partial charge < -0.3 is 0 Å². The Labute approximate surface area is 109 Å². The molecular formula is C12H16BrClS. The summed E-state index contributed by atoms with van der Waals surface area (Å²) >= 11 is 11.5. The van der Waals surface area contributed by atoms with Gasteiger partial charge in [0.15, 0.2) is 0 Å². The molecule has 0 aliphatic heterocycles. The van der Waals surface area contributed by atoms with Crippen LogP contribution < -0.4 is 0 Å². The Hall–Kier alpha value is 0.470. The molecule has 1 unspecified atom stereocenters. The molecule has 0 saturated heterocycles. The van der Waals surface area contributed by atoms with Gasteiger partial charge in [-0.05, 0) is 36.8 Å². The minimum atomic E-state index is 0.516. The Bertz CT molecular complexity index is 315. The highest BCUT2D eigenvalue weighted by Crippen LogP contribution is 2.44. The topological polar surface area (TPSA) is 0 Å². The third-order valence-electron chi connectivity index (χ3n) is 3.34. The minimum absolute atomic E-state index is 0.516. The van der Waals surface area contributed by atoms with E-state index in [-0.39, 0.29) is 0 Å². The molecule has 1 aromatic rings. The van der Waals surface area contributed by atoms with E-state index in [1.54, 1.807) is 11.3 Å². The molecule has 1 atom stereocenters. The highest BCUT2D eigenvalue weighted by molar-refractivity contribution is 9.09. The maximum atomic E-state index is 5.96. The minimum Gasteiger partial charge on any atom is -0.127 e. The van der Waals surface area contributed by atoms with E-state index in [2.05, 4.69) is 28.9 Å². The van der Waals surface area contributed by atoms with Crippen molar-refractivity contribution in [3.8, 4) is 0 Å². The van der Waals surface area contributed by atoms with Gasteiger partial charge in [-0.1, -0.05) is 47.3 Å². The normalized spacial score (nSPS) is 29.0. The predicted octanol–water partition coefficient (Wildman–Crippen LogP) is 5.66. The molecule has 0 bridgehead atoms. The summed E-state index contributed by atoms with van der Waals surface area (Å²) in [6, 6.07) is 4.16. The average molecular weight is 308 g/mol. The number of thiophene rings is 1. The molecule has 0 nitrogen and oxygen atoms in total. The van der Waals surface area contributed by atoms with Crippen LogP contribution in [0.25, 0.3) is 0 Å². The molecule has 1 aliphatic rings. The van der Waals surface area contributed by atoms with Crippen LogP contribution in [0.3, 0.4) is 0 Å². The van der Waals surface area contributed by atoms with Gasteiger partial charge >= 0.3 is 0 Å². The molecule has 1 aliphatic carbocycles. The second-order valence-electron chi connectivity index (χ2n) is 4.56. The molecule has 3 heteroatoms. The molecule has 0 spiro atoms. The van der Waals surface area contributed by atoms with Crippen molar-refractivity contribution < 1.29 is 0 Å². The summed E-state index contributed by atoms with van der Waals surface area (Å²) in [5.74, 6) is 1.73. The highest BCUT2D eigenvalue weighted by Gasteiger charge is 2.26. The van der Waals surface area contributed by atoms with E-state index in [1.165, 1.54) is 30.6 Å². The summed E-state index contributed by atoms with van der Waals surface area (Å²) in [6.45, 7) is 2.36. The summed E-state index contributed by atoms with van der Waals surface area (Å²) in [6.07, 6.45) is 5.47. The zero-order valence-corrected chi connectivity index (χ0v) is 12.0. The fourth-order valence-electron chi connectivity index (χ4n) is 2.29. The van der Waals surface area contributed by atoms with Crippen LogP contribution in [0.2, 0.25) is 4.34 Å². The van der Waals surface area contributed by atoms with E-state index in [4.69, 9.17) is 11.6 Å². The number of halogens is 2. The van der Waals surface area contributed by atoms with Crippen LogP contribution >= 0.6 is 38.9 Å². The number of rotatable bonds is 2. The standard InChI is InChI=1S/C12H16BrClS/c1-8-2-4-9(5-3-8)12(13)10-6-7-11(14)15-10/h6-9,12H,2-5H2,1H3. The maximum Gasteiger partial charge on any atom is 0.0931 e. The van der Waals surface area contributed by atoms with Gasteiger partial charge in [0.1, 0.15) is 0 Å². The second-order valence-corrected chi connectivity index (χ2v) is 7.30. The molecule has 1 heterocycles. The SMILES string of the molecule is CC1CCC(C(Br)c2ccc(Cl)s2)CC1. The lowest BCUT2D eigenvalue weighted by molar-refractivity contribution is 0.288. The number of alkyl halides is 1. The predicted molar refractivity (Wildman–Crippen MR) is 72.1 cm³/mol. The van der Waals surface area contributed by atoms with Gasteiger partial charge in [-0.2, -0.15) is 0 Å². The average Bonchev–Trinajstić information content (AvgIpc) is 2.65. The Balaban J connectivity index is 1.99. The fraction of sp³-hybridized carbons (Fsp3) is 0.667. The van der Waals surface area contributed by atoms with E-state index in [0.717, 1.165) is 16.2 Å². The van der Waals surface area contributed by atoms with Gasteiger partial charge in [0, 0.05) is 4.88 Å². The van der Waals surface area contributed by atoms with Crippen LogP contribution in [0.4, 0.5) is 0 Å². The molecule has 0 radical (unpaired) electrons. The first-order valence-electron chi connectivity index (χ1n) is 5.56. The lowest BCUT2D eigenvalue weighted by atomic mass is 9.81. The summed E-state index contributed by atoms with van der Waals surface area (Å²) < 4.78 is 0.902. The first-order chi connectivity index (χ1) is 7.16. The van der Waals surface area contributed by atoms with Crippen molar-refractivity contribution in [2.45, 2.75) is 37.4 Å². The van der Waals surface area contributed by atoms with Gasteiger partial charge in [0.05, 0.1) is 9.16 Å². The summed E-state index contributed by atoms with van der Waals surface area (Å²) in [5.41, 5.74) is 0. The summed E-state index contributed by atoms with van der Waals surface area (Å²) in [7, 11) is 0. The van der Waals surface area contributed by atoms with E-state index < -0.39 is 0 Å². The Morgan fingerprint density at radius 1 is 1.33 bits per heavy atom. The van der Waals surface area contributed by atoms with E-state index >= 15 is 0 Å². The van der Waals surface area contributed by atoms with E-state index in [0.29, 0.717) is 4.83 Å². The van der Waals surface area contributed by atoms with Crippen LogP contribution in [0.15, 0.2) is 12.1 Å². The molecule has 2 rings (SSSR count). The molecule has 1 fully saturated rings. The van der Waals surface area contributed by atoms with Crippen molar-refractivity contribution in [2.24, 2.45) is 11.8 Å². The van der Waals surface area contributed by atoms with Gasteiger partial charge in [0.2, 0.25) is 0 Å². The maximum absolute atomic E-state index is 5.96. The van der Waals surface area contributed by atoms with Crippen LogP contribution in [0, 0.1) is 11.8 Å². The van der Waals surface area contributed by atoms with Crippen molar-refractivity contribution in [3.63, 3.8) is 0 Å². The third-order valence-corrected chi connectivity index (χ3v) is 6.20.